The second-order valence-corrected chi connectivity index (χ2v) is 4.77. The standard InChI is InChI=1S/C11H17NO4/c1-6-4-16-5-7(2)12(6)10(13)8-3-9(8)11(14)15/h6-9H,3-5H2,1-2H3,(H,14,15). The maximum atomic E-state index is 12.1. The molecule has 1 heterocycles. The van der Waals surface area contributed by atoms with E-state index in [0.29, 0.717) is 19.6 Å². The number of hydrogen-bond donors (Lipinski definition) is 1. The predicted octanol–water partition coefficient (Wildman–Crippen LogP) is 0.343. The maximum absolute atomic E-state index is 12.1. The zero-order chi connectivity index (χ0) is 11.9. The first-order valence-corrected chi connectivity index (χ1v) is 5.65. The van der Waals surface area contributed by atoms with Crippen molar-refractivity contribution in [1.82, 2.24) is 4.90 Å². The monoisotopic (exact) mass is 227 g/mol. The summed E-state index contributed by atoms with van der Waals surface area (Å²) in [7, 11) is 0. The van der Waals surface area contributed by atoms with Gasteiger partial charge in [-0.25, -0.2) is 0 Å². The number of aliphatic carboxylic acids is 1. The zero-order valence-electron chi connectivity index (χ0n) is 9.55. The van der Waals surface area contributed by atoms with E-state index in [-0.39, 0.29) is 23.9 Å². The summed E-state index contributed by atoms with van der Waals surface area (Å²) in [6.45, 7) is 4.96. The van der Waals surface area contributed by atoms with E-state index in [0.717, 1.165) is 0 Å². The van der Waals surface area contributed by atoms with Crippen LogP contribution >= 0.6 is 0 Å². The molecular weight excluding hydrogens is 210 g/mol. The number of rotatable bonds is 2. The molecule has 0 aromatic carbocycles. The molecule has 2 aliphatic rings. The van der Waals surface area contributed by atoms with E-state index in [9.17, 15) is 9.59 Å². The summed E-state index contributed by atoms with van der Waals surface area (Å²) < 4.78 is 5.34. The molecule has 0 bridgehead atoms. The summed E-state index contributed by atoms with van der Waals surface area (Å²) in [5.74, 6) is -1.64. The first kappa shape index (κ1) is 11.4. The Hall–Kier alpha value is -1.10. The van der Waals surface area contributed by atoms with Crippen LogP contribution in [0, 0.1) is 11.8 Å². The molecule has 1 saturated carbocycles. The van der Waals surface area contributed by atoms with Crippen molar-refractivity contribution >= 4 is 11.9 Å². The van der Waals surface area contributed by atoms with Crippen LogP contribution in [-0.4, -0.2) is 47.2 Å². The van der Waals surface area contributed by atoms with Crippen LogP contribution in [0.3, 0.4) is 0 Å². The number of carbonyl (C=O) groups excluding carboxylic acids is 1. The van der Waals surface area contributed by atoms with E-state index < -0.39 is 11.9 Å². The molecule has 0 aromatic rings. The molecule has 1 aliphatic heterocycles. The van der Waals surface area contributed by atoms with Gasteiger partial charge in [-0.05, 0) is 20.3 Å². The van der Waals surface area contributed by atoms with Crippen LogP contribution in [0.1, 0.15) is 20.3 Å². The molecule has 16 heavy (non-hydrogen) atoms. The molecule has 4 atom stereocenters. The third-order valence-corrected chi connectivity index (χ3v) is 3.35. The van der Waals surface area contributed by atoms with Crippen molar-refractivity contribution < 1.29 is 19.4 Å². The molecule has 1 N–H and O–H groups in total. The number of hydrogen-bond acceptors (Lipinski definition) is 3. The first-order chi connectivity index (χ1) is 7.52. The molecule has 2 fully saturated rings. The largest absolute Gasteiger partial charge is 0.481 e. The highest BCUT2D eigenvalue weighted by Gasteiger charge is 2.51. The lowest BCUT2D eigenvalue weighted by atomic mass is 10.1. The van der Waals surface area contributed by atoms with Crippen molar-refractivity contribution in [2.45, 2.75) is 32.4 Å². The molecule has 4 unspecified atom stereocenters. The highest BCUT2D eigenvalue weighted by atomic mass is 16.5. The van der Waals surface area contributed by atoms with Crippen molar-refractivity contribution in [3.05, 3.63) is 0 Å². The summed E-state index contributed by atoms with van der Waals surface area (Å²) in [4.78, 5) is 24.6. The van der Waals surface area contributed by atoms with Crippen LogP contribution in [0.5, 0.6) is 0 Å². The van der Waals surface area contributed by atoms with Gasteiger partial charge in [-0.1, -0.05) is 0 Å². The number of carboxylic acids is 1. The minimum atomic E-state index is -0.855. The summed E-state index contributed by atoms with van der Waals surface area (Å²) in [5, 5.41) is 8.81. The van der Waals surface area contributed by atoms with Gasteiger partial charge in [0.05, 0.1) is 37.1 Å². The highest BCUT2D eigenvalue weighted by Crippen LogP contribution is 2.41. The topological polar surface area (TPSA) is 66.8 Å². The fourth-order valence-electron chi connectivity index (χ4n) is 2.37. The summed E-state index contributed by atoms with van der Waals surface area (Å²) in [6, 6.07) is 0.0950. The Balaban J connectivity index is 2.01. The maximum Gasteiger partial charge on any atom is 0.307 e. The number of carboxylic acid groups (broad SMARTS) is 1. The number of nitrogens with zero attached hydrogens (tertiary/aromatic N) is 1. The fraction of sp³-hybridized carbons (Fsp3) is 0.818. The molecule has 90 valence electrons. The molecular formula is C11H17NO4. The molecule has 1 aliphatic carbocycles. The molecule has 2 rings (SSSR count). The van der Waals surface area contributed by atoms with E-state index in [1.54, 1.807) is 4.90 Å². The minimum Gasteiger partial charge on any atom is -0.481 e. The Morgan fingerprint density at radius 1 is 1.19 bits per heavy atom. The van der Waals surface area contributed by atoms with Gasteiger partial charge in [0.1, 0.15) is 0 Å². The summed E-state index contributed by atoms with van der Waals surface area (Å²) in [6.07, 6.45) is 0.491. The zero-order valence-corrected chi connectivity index (χ0v) is 9.55. The second-order valence-electron chi connectivity index (χ2n) is 4.77. The predicted molar refractivity (Wildman–Crippen MR) is 55.8 cm³/mol. The van der Waals surface area contributed by atoms with E-state index in [2.05, 4.69) is 0 Å². The van der Waals surface area contributed by atoms with Gasteiger partial charge >= 0.3 is 5.97 Å². The normalized spacial score (nSPS) is 38.2. The first-order valence-electron chi connectivity index (χ1n) is 5.65. The van der Waals surface area contributed by atoms with Gasteiger partial charge in [0.15, 0.2) is 0 Å². The smallest absolute Gasteiger partial charge is 0.307 e. The van der Waals surface area contributed by atoms with Crippen LogP contribution in [0.25, 0.3) is 0 Å². The van der Waals surface area contributed by atoms with Crippen molar-refractivity contribution in [2.24, 2.45) is 11.8 Å². The quantitative estimate of drug-likeness (QED) is 0.739. The molecule has 1 amide bonds. The Morgan fingerprint density at radius 3 is 2.19 bits per heavy atom. The second kappa shape index (κ2) is 4.05. The number of morpholine rings is 1. The van der Waals surface area contributed by atoms with Gasteiger partial charge in [0.2, 0.25) is 5.91 Å². The van der Waals surface area contributed by atoms with Gasteiger partial charge in [-0.3, -0.25) is 9.59 Å². The van der Waals surface area contributed by atoms with E-state index in [1.807, 2.05) is 13.8 Å². The number of carbonyl (C=O) groups is 2. The molecule has 1 saturated heterocycles. The molecule has 0 spiro atoms. The molecule has 5 heteroatoms. The Morgan fingerprint density at radius 2 is 1.75 bits per heavy atom. The van der Waals surface area contributed by atoms with Crippen LogP contribution in [0.2, 0.25) is 0 Å². The molecule has 0 aromatic heterocycles. The average molecular weight is 227 g/mol. The lowest BCUT2D eigenvalue weighted by Crippen LogP contribution is -2.53. The SMILES string of the molecule is CC1COCC(C)N1C(=O)C1CC1C(=O)O. The lowest BCUT2D eigenvalue weighted by molar-refractivity contribution is -0.148. The van der Waals surface area contributed by atoms with Crippen LogP contribution in [0.4, 0.5) is 0 Å². The van der Waals surface area contributed by atoms with E-state index in [1.165, 1.54) is 0 Å². The van der Waals surface area contributed by atoms with Gasteiger partial charge in [0, 0.05) is 0 Å². The minimum absolute atomic E-state index is 0.0179. The number of ether oxygens (including phenoxy) is 1. The van der Waals surface area contributed by atoms with Gasteiger partial charge < -0.3 is 14.7 Å². The molecule has 0 radical (unpaired) electrons. The van der Waals surface area contributed by atoms with Crippen LogP contribution in [0.15, 0.2) is 0 Å². The Labute approximate surface area is 94.4 Å². The van der Waals surface area contributed by atoms with Gasteiger partial charge in [-0.2, -0.15) is 0 Å². The van der Waals surface area contributed by atoms with E-state index >= 15 is 0 Å². The van der Waals surface area contributed by atoms with Crippen LogP contribution in [-0.2, 0) is 14.3 Å². The Bertz CT molecular complexity index is 307. The molecule has 5 nitrogen and oxygen atoms in total. The third-order valence-electron chi connectivity index (χ3n) is 3.35. The van der Waals surface area contributed by atoms with Crippen molar-refractivity contribution in [1.29, 1.82) is 0 Å². The third kappa shape index (κ3) is 1.91. The Kier molecular flexibility index (Phi) is 2.88. The number of amides is 1. The summed E-state index contributed by atoms with van der Waals surface area (Å²) >= 11 is 0. The highest BCUT2D eigenvalue weighted by molar-refractivity contribution is 5.89. The van der Waals surface area contributed by atoms with Crippen molar-refractivity contribution in [3.63, 3.8) is 0 Å². The van der Waals surface area contributed by atoms with Gasteiger partial charge in [0.25, 0.3) is 0 Å². The van der Waals surface area contributed by atoms with Crippen molar-refractivity contribution in [2.75, 3.05) is 13.2 Å². The van der Waals surface area contributed by atoms with Crippen molar-refractivity contribution in [3.8, 4) is 0 Å². The van der Waals surface area contributed by atoms with Crippen LogP contribution < -0.4 is 0 Å². The van der Waals surface area contributed by atoms with Gasteiger partial charge in [-0.15, -0.1) is 0 Å². The van der Waals surface area contributed by atoms with E-state index in [4.69, 9.17) is 9.84 Å². The fourth-order valence-corrected chi connectivity index (χ4v) is 2.37. The average Bonchev–Trinajstić information content (AvgIpc) is 2.96. The lowest BCUT2D eigenvalue weighted by Gasteiger charge is -2.39. The summed E-state index contributed by atoms with van der Waals surface area (Å²) in [5.41, 5.74) is 0.